The summed E-state index contributed by atoms with van der Waals surface area (Å²) in [5, 5.41) is 8.75. The second-order valence-electron chi connectivity index (χ2n) is 6.24. The minimum absolute atomic E-state index is 0.425. The molecule has 1 aliphatic rings. The van der Waals surface area contributed by atoms with Crippen molar-refractivity contribution in [3.63, 3.8) is 0 Å². The lowest BCUT2D eigenvalue weighted by Crippen LogP contribution is -2.13. The topological polar surface area (TPSA) is 56.7 Å². The molecule has 1 saturated carbocycles. The maximum atomic E-state index is 5.76. The average molecular weight is 284 g/mol. The number of hydrogen-bond acceptors (Lipinski definition) is 3. The van der Waals surface area contributed by atoms with Crippen LogP contribution in [0.4, 0.5) is 5.69 Å². The minimum atomic E-state index is 0.425. The summed E-state index contributed by atoms with van der Waals surface area (Å²) in [5.74, 6) is 2.61. The highest BCUT2D eigenvalue weighted by Gasteiger charge is 2.23. The van der Waals surface area contributed by atoms with E-state index in [0.717, 1.165) is 23.8 Å². The zero-order valence-corrected chi connectivity index (χ0v) is 12.9. The molecule has 1 aromatic heterocycles. The van der Waals surface area contributed by atoms with Gasteiger partial charge < -0.3 is 10.3 Å². The monoisotopic (exact) mass is 284 g/mol. The zero-order chi connectivity index (χ0) is 14.8. The fraction of sp³-hybridized carbons (Fsp3) is 0.529. The fourth-order valence-electron chi connectivity index (χ4n) is 3.41. The van der Waals surface area contributed by atoms with E-state index in [1.165, 1.54) is 31.2 Å². The maximum absolute atomic E-state index is 5.76. The van der Waals surface area contributed by atoms with Crippen LogP contribution in [0.25, 0.3) is 0 Å². The number of hydrogen-bond donors (Lipinski definition) is 1. The van der Waals surface area contributed by atoms with E-state index >= 15 is 0 Å². The van der Waals surface area contributed by atoms with E-state index in [0.29, 0.717) is 12.0 Å². The van der Waals surface area contributed by atoms with Crippen LogP contribution in [0.3, 0.4) is 0 Å². The number of benzene rings is 1. The predicted molar refractivity (Wildman–Crippen MR) is 85.2 cm³/mol. The number of rotatable bonds is 4. The summed E-state index contributed by atoms with van der Waals surface area (Å²) in [7, 11) is 0. The Morgan fingerprint density at radius 3 is 2.52 bits per heavy atom. The van der Waals surface area contributed by atoms with Crippen LogP contribution in [0, 0.1) is 6.92 Å². The van der Waals surface area contributed by atoms with Gasteiger partial charge in [0.2, 0.25) is 0 Å². The van der Waals surface area contributed by atoms with Crippen molar-refractivity contribution in [2.45, 2.75) is 57.9 Å². The maximum Gasteiger partial charge on any atom is 0.133 e. The van der Waals surface area contributed by atoms with E-state index in [1.807, 2.05) is 12.1 Å². The van der Waals surface area contributed by atoms with Crippen LogP contribution < -0.4 is 5.73 Å². The van der Waals surface area contributed by atoms with Gasteiger partial charge in [0.15, 0.2) is 0 Å². The van der Waals surface area contributed by atoms with Gasteiger partial charge in [-0.05, 0) is 43.4 Å². The molecule has 1 fully saturated rings. The second-order valence-corrected chi connectivity index (χ2v) is 6.24. The molecule has 1 unspecified atom stereocenters. The summed E-state index contributed by atoms with van der Waals surface area (Å²) in [4.78, 5) is 0. The predicted octanol–water partition coefficient (Wildman–Crippen LogP) is 3.63. The summed E-state index contributed by atoms with van der Waals surface area (Å²) in [6.45, 7) is 4.32. The van der Waals surface area contributed by atoms with Crippen molar-refractivity contribution in [1.29, 1.82) is 0 Å². The molecule has 1 heterocycles. The molecule has 0 saturated heterocycles. The highest BCUT2D eigenvalue weighted by atomic mass is 15.3. The lowest BCUT2D eigenvalue weighted by Gasteiger charge is -2.18. The van der Waals surface area contributed by atoms with Gasteiger partial charge in [-0.25, -0.2) is 0 Å². The fourth-order valence-corrected chi connectivity index (χ4v) is 3.41. The Kier molecular flexibility index (Phi) is 3.95. The first-order valence-corrected chi connectivity index (χ1v) is 7.91. The molecule has 4 heteroatoms. The smallest absolute Gasteiger partial charge is 0.133 e. The SMILES string of the molecule is Cc1nnc(CC(C)c2ccc(N)cc2)n1C1CCCC1. The molecule has 0 bridgehead atoms. The van der Waals surface area contributed by atoms with Crippen molar-refractivity contribution in [2.24, 2.45) is 0 Å². The van der Waals surface area contributed by atoms with Gasteiger partial charge in [-0.1, -0.05) is 31.9 Å². The molecule has 0 aliphatic heterocycles. The number of anilines is 1. The Morgan fingerprint density at radius 1 is 1.19 bits per heavy atom. The summed E-state index contributed by atoms with van der Waals surface area (Å²) in [6, 6.07) is 8.78. The second kappa shape index (κ2) is 5.88. The first-order valence-electron chi connectivity index (χ1n) is 7.91. The van der Waals surface area contributed by atoms with E-state index in [4.69, 9.17) is 5.73 Å². The van der Waals surface area contributed by atoms with Crippen LogP contribution in [0.15, 0.2) is 24.3 Å². The van der Waals surface area contributed by atoms with Crippen LogP contribution >= 0.6 is 0 Å². The normalized spacial score (nSPS) is 17.2. The quantitative estimate of drug-likeness (QED) is 0.872. The Labute approximate surface area is 126 Å². The molecule has 3 rings (SSSR count). The summed E-state index contributed by atoms with van der Waals surface area (Å²) in [6.07, 6.45) is 6.12. The third-order valence-electron chi connectivity index (χ3n) is 4.62. The molecule has 1 aliphatic carbocycles. The highest BCUT2D eigenvalue weighted by Crippen LogP contribution is 2.32. The van der Waals surface area contributed by atoms with Gasteiger partial charge in [0.25, 0.3) is 0 Å². The largest absolute Gasteiger partial charge is 0.399 e. The zero-order valence-electron chi connectivity index (χ0n) is 12.9. The third-order valence-corrected chi connectivity index (χ3v) is 4.62. The van der Waals surface area contributed by atoms with Crippen molar-refractivity contribution >= 4 is 5.69 Å². The van der Waals surface area contributed by atoms with Gasteiger partial charge in [0.1, 0.15) is 11.6 Å². The van der Waals surface area contributed by atoms with Crippen LogP contribution in [0.5, 0.6) is 0 Å². The van der Waals surface area contributed by atoms with Crippen molar-refractivity contribution in [2.75, 3.05) is 5.73 Å². The third kappa shape index (κ3) is 2.94. The number of aromatic nitrogens is 3. The van der Waals surface area contributed by atoms with Gasteiger partial charge in [-0.2, -0.15) is 0 Å². The van der Waals surface area contributed by atoms with Gasteiger partial charge in [0.05, 0.1) is 0 Å². The number of aryl methyl sites for hydroxylation is 1. The lowest BCUT2D eigenvalue weighted by atomic mass is 9.97. The number of nitrogen functional groups attached to an aromatic ring is 1. The van der Waals surface area contributed by atoms with E-state index in [1.54, 1.807) is 0 Å². The van der Waals surface area contributed by atoms with Crippen LogP contribution in [0.2, 0.25) is 0 Å². The Hall–Kier alpha value is -1.84. The van der Waals surface area contributed by atoms with Crippen molar-refractivity contribution in [3.05, 3.63) is 41.5 Å². The molecule has 1 aromatic carbocycles. The van der Waals surface area contributed by atoms with Gasteiger partial charge >= 0.3 is 0 Å². The van der Waals surface area contributed by atoms with Crippen molar-refractivity contribution < 1.29 is 0 Å². The van der Waals surface area contributed by atoms with E-state index in [-0.39, 0.29) is 0 Å². The molecule has 2 aromatic rings. The molecule has 0 spiro atoms. The molecular formula is C17H24N4. The van der Waals surface area contributed by atoms with E-state index in [9.17, 15) is 0 Å². The molecule has 0 amide bonds. The molecule has 21 heavy (non-hydrogen) atoms. The van der Waals surface area contributed by atoms with Crippen molar-refractivity contribution in [3.8, 4) is 0 Å². The van der Waals surface area contributed by atoms with E-state index in [2.05, 4.69) is 40.7 Å². The van der Waals surface area contributed by atoms with E-state index < -0.39 is 0 Å². The minimum Gasteiger partial charge on any atom is -0.399 e. The number of nitrogens with zero attached hydrogens (tertiary/aromatic N) is 3. The van der Waals surface area contributed by atoms with Crippen LogP contribution in [-0.2, 0) is 6.42 Å². The first kappa shape index (κ1) is 14.1. The van der Waals surface area contributed by atoms with Crippen LogP contribution in [0.1, 0.15) is 61.8 Å². The Morgan fingerprint density at radius 2 is 1.86 bits per heavy atom. The molecule has 1 atom stereocenters. The summed E-state index contributed by atoms with van der Waals surface area (Å²) < 4.78 is 2.38. The molecule has 112 valence electrons. The molecular weight excluding hydrogens is 260 g/mol. The number of nitrogens with two attached hydrogens (primary N) is 1. The molecule has 2 N–H and O–H groups in total. The van der Waals surface area contributed by atoms with Gasteiger partial charge in [0, 0.05) is 18.2 Å². The molecule has 4 nitrogen and oxygen atoms in total. The average Bonchev–Trinajstić information content (AvgIpc) is 3.09. The molecule has 0 radical (unpaired) electrons. The van der Waals surface area contributed by atoms with Gasteiger partial charge in [-0.3, -0.25) is 0 Å². The first-order chi connectivity index (χ1) is 10.1. The standard InChI is InChI=1S/C17H24N4/c1-12(14-7-9-15(18)10-8-14)11-17-20-19-13(2)21(17)16-5-3-4-6-16/h7-10,12,16H,3-6,11,18H2,1-2H3. The van der Waals surface area contributed by atoms with Gasteiger partial charge in [-0.15, -0.1) is 10.2 Å². The summed E-state index contributed by atoms with van der Waals surface area (Å²) in [5.41, 5.74) is 7.89. The highest BCUT2D eigenvalue weighted by molar-refractivity contribution is 5.40. The Balaban J connectivity index is 1.79. The Bertz CT molecular complexity index is 594. The van der Waals surface area contributed by atoms with Crippen LogP contribution in [-0.4, -0.2) is 14.8 Å². The summed E-state index contributed by atoms with van der Waals surface area (Å²) >= 11 is 0. The lowest BCUT2D eigenvalue weighted by molar-refractivity contribution is 0.479. The van der Waals surface area contributed by atoms with Crippen molar-refractivity contribution in [1.82, 2.24) is 14.8 Å².